The van der Waals surface area contributed by atoms with E-state index in [9.17, 15) is 14.4 Å². The molecule has 0 aromatic carbocycles. The van der Waals surface area contributed by atoms with Crippen molar-refractivity contribution in [3.05, 3.63) is 134 Å². The minimum Gasteiger partial charge on any atom is -0.462 e. The summed E-state index contributed by atoms with van der Waals surface area (Å²) in [7, 11) is 0. The number of hydrogen-bond acceptors (Lipinski definition) is 6. The average molecular weight is 855 g/mol. The van der Waals surface area contributed by atoms with Crippen LogP contribution in [-0.2, 0) is 28.6 Å². The lowest BCUT2D eigenvalue weighted by molar-refractivity contribution is -0.166. The lowest BCUT2D eigenvalue weighted by atomic mass is 10.1. The fourth-order valence-electron chi connectivity index (χ4n) is 5.94. The minimum absolute atomic E-state index is 0.130. The summed E-state index contributed by atoms with van der Waals surface area (Å²) in [5, 5.41) is 0. The van der Waals surface area contributed by atoms with Crippen molar-refractivity contribution in [3.8, 4) is 0 Å². The summed E-state index contributed by atoms with van der Waals surface area (Å²) in [5.74, 6) is -1.08. The molecule has 0 radical (unpaired) electrons. The van der Waals surface area contributed by atoms with E-state index in [1.165, 1.54) is 44.9 Å². The van der Waals surface area contributed by atoms with Crippen LogP contribution in [0.1, 0.15) is 181 Å². The summed E-state index contributed by atoms with van der Waals surface area (Å²) in [6, 6.07) is 0. The Kier molecular flexibility index (Phi) is 45.7. The van der Waals surface area contributed by atoms with E-state index in [-0.39, 0.29) is 44.0 Å². The zero-order chi connectivity index (χ0) is 45.1. The van der Waals surface area contributed by atoms with Gasteiger partial charge in [-0.3, -0.25) is 14.4 Å². The maximum Gasteiger partial charge on any atom is 0.306 e. The number of carbonyl (C=O) groups excluding carboxylic acids is 3. The Morgan fingerprint density at radius 2 is 0.758 bits per heavy atom. The minimum atomic E-state index is -0.836. The van der Waals surface area contributed by atoms with Gasteiger partial charge >= 0.3 is 17.9 Å². The van der Waals surface area contributed by atoms with Crippen LogP contribution in [-0.4, -0.2) is 37.2 Å². The van der Waals surface area contributed by atoms with E-state index in [1.54, 1.807) is 0 Å². The zero-order valence-electron chi connectivity index (χ0n) is 39.3. The molecule has 6 nitrogen and oxygen atoms in total. The summed E-state index contributed by atoms with van der Waals surface area (Å²) in [6.45, 7) is 6.26. The van der Waals surface area contributed by atoms with E-state index in [0.29, 0.717) is 19.3 Å². The maximum atomic E-state index is 12.7. The monoisotopic (exact) mass is 855 g/mol. The van der Waals surface area contributed by atoms with Crippen molar-refractivity contribution in [1.29, 1.82) is 0 Å². The predicted octanol–water partition coefficient (Wildman–Crippen LogP) is 15.9. The largest absolute Gasteiger partial charge is 0.462 e. The van der Waals surface area contributed by atoms with E-state index in [2.05, 4.69) is 75.5 Å². The van der Waals surface area contributed by atoms with Gasteiger partial charge in [-0.15, -0.1) is 0 Å². The number of hydrogen-bond donors (Lipinski definition) is 0. The number of carbonyl (C=O) groups is 3. The van der Waals surface area contributed by atoms with E-state index >= 15 is 0 Å². The fourth-order valence-corrected chi connectivity index (χ4v) is 5.94. The number of allylic oxidation sites excluding steroid dienone is 22. The van der Waals surface area contributed by atoms with Gasteiger partial charge in [0.2, 0.25) is 0 Å². The van der Waals surface area contributed by atoms with Crippen molar-refractivity contribution < 1.29 is 28.6 Å². The summed E-state index contributed by atoms with van der Waals surface area (Å²) in [5.41, 5.74) is 0. The van der Waals surface area contributed by atoms with Gasteiger partial charge < -0.3 is 14.2 Å². The van der Waals surface area contributed by atoms with Crippen molar-refractivity contribution in [2.24, 2.45) is 0 Å². The number of ether oxygens (including phenoxy) is 3. The molecular formula is C56H86O6. The summed E-state index contributed by atoms with van der Waals surface area (Å²) in [6.07, 6.45) is 68.7. The molecule has 0 amide bonds. The first kappa shape index (κ1) is 57.5. The van der Waals surface area contributed by atoms with E-state index in [4.69, 9.17) is 14.2 Å². The molecule has 0 aromatic rings. The highest BCUT2D eigenvalue weighted by atomic mass is 16.6. The van der Waals surface area contributed by atoms with Crippen LogP contribution in [0, 0.1) is 0 Å². The van der Waals surface area contributed by atoms with Gasteiger partial charge in [-0.2, -0.15) is 0 Å². The highest BCUT2D eigenvalue weighted by Crippen LogP contribution is 2.11. The van der Waals surface area contributed by atoms with Gasteiger partial charge in [0.15, 0.2) is 6.10 Å². The zero-order valence-corrected chi connectivity index (χ0v) is 39.3. The molecule has 0 aliphatic carbocycles. The van der Waals surface area contributed by atoms with Crippen LogP contribution in [0.2, 0.25) is 0 Å². The molecule has 0 heterocycles. The second-order valence-corrected chi connectivity index (χ2v) is 15.5. The average Bonchev–Trinajstić information content (AvgIpc) is 3.27. The van der Waals surface area contributed by atoms with Gasteiger partial charge in [-0.25, -0.2) is 0 Å². The lowest BCUT2D eigenvalue weighted by Gasteiger charge is -2.18. The Morgan fingerprint density at radius 1 is 0.355 bits per heavy atom. The van der Waals surface area contributed by atoms with Crippen molar-refractivity contribution in [1.82, 2.24) is 0 Å². The Balaban J connectivity index is 4.59. The maximum absolute atomic E-state index is 12.7. The third-order valence-electron chi connectivity index (χ3n) is 9.58. The summed E-state index contributed by atoms with van der Waals surface area (Å²) >= 11 is 0. The van der Waals surface area contributed by atoms with E-state index in [0.717, 1.165) is 83.5 Å². The Labute approximate surface area is 379 Å². The molecule has 0 aromatic heterocycles. The normalized spacial score (nSPS) is 13.3. The SMILES string of the molecule is CC\C=C/C=C\C=C/C=C\CCCCCC(=O)OC(COC(=O)CC/C=C\C/C=C\CCCCCCCC)COC(=O)CCCCCCC\C=C/C=C\C=C/C=C\C=C/CCC. The smallest absolute Gasteiger partial charge is 0.306 e. The lowest BCUT2D eigenvalue weighted by Crippen LogP contribution is -2.30. The Morgan fingerprint density at radius 3 is 1.29 bits per heavy atom. The van der Waals surface area contributed by atoms with Crippen LogP contribution in [0.15, 0.2) is 134 Å². The molecule has 0 fully saturated rings. The van der Waals surface area contributed by atoms with Gasteiger partial charge in [0, 0.05) is 19.3 Å². The first-order valence-electron chi connectivity index (χ1n) is 24.3. The van der Waals surface area contributed by atoms with Crippen LogP contribution in [0.4, 0.5) is 0 Å². The van der Waals surface area contributed by atoms with Crippen molar-refractivity contribution >= 4 is 17.9 Å². The molecule has 6 heteroatoms. The molecule has 0 N–H and O–H groups in total. The highest BCUT2D eigenvalue weighted by molar-refractivity contribution is 5.71. The van der Waals surface area contributed by atoms with E-state index in [1.807, 2.05) is 79.0 Å². The Hall–Kier alpha value is -4.45. The third kappa shape index (κ3) is 46.6. The van der Waals surface area contributed by atoms with Gasteiger partial charge in [-0.05, 0) is 77.0 Å². The molecule has 346 valence electrons. The molecule has 0 spiro atoms. The van der Waals surface area contributed by atoms with Crippen LogP contribution >= 0.6 is 0 Å². The van der Waals surface area contributed by atoms with Crippen LogP contribution in [0.5, 0.6) is 0 Å². The van der Waals surface area contributed by atoms with Crippen molar-refractivity contribution in [2.75, 3.05) is 13.2 Å². The van der Waals surface area contributed by atoms with Crippen molar-refractivity contribution in [2.45, 2.75) is 187 Å². The molecular weight excluding hydrogens is 769 g/mol. The van der Waals surface area contributed by atoms with Gasteiger partial charge in [0.05, 0.1) is 0 Å². The number of unbranched alkanes of at least 4 members (excludes halogenated alkanes) is 15. The van der Waals surface area contributed by atoms with E-state index < -0.39 is 6.10 Å². The predicted molar refractivity (Wildman–Crippen MR) is 265 cm³/mol. The topological polar surface area (TPSA) is 78.9 Å². The second kappa shape index (κ2) is 49.2. The fraction of sp³-hybridized carbons (Fsp3) is 0.554. The van der Waals surface area contributed by atoms with Crippen LogP contribution in [0.3, 0.4) is 0 Å². The standard InChI is InChI=1S/C56H86O6/c1-4-7-10-13-16-19-22-25-26-27-28-29-32-34-37-40-43-46-49-55(58)61-52-53(62-56(59)50-47-44-41-38-35-31-24-21-18-15-12-9-6-3)51-60-54(57)48-45-42-39-36-33-30-23-20-17-14-11-8-5-2/h9-10,12-13,15-16,18-19,21-22,24-31,33,35,39,42,53H,4-8,11,14,17,20,23,32,34,36-38,40-41,43-52H2,1-3H3/b12-9-,13-10-,18-15-,19-16-,24-21-,25-22-,27-26-,29-28-,33-30-,35-31-,42-39-. The molecule has 0 saturated heterocycles. The van der Waals surface area contributed by atoms with Gasteiger partial charge in [0.1, 0.15) is 13.2 Å². The molecule has 0 saturated carbocycles. The number of rotatable bonds is 41. The molecule has 0 aliphatic rings. The molecule has 62 heavy (non-hydrogen) atoms. The first-order chi connectivity index (χ1) is 30.5. The quantitative estimate of drug-likeness (QED) is 0.0200. The van der Waals surface area contributed by atoms with Gasteiger partial charge in [0.25, 0.3) is 0 Å². The van der Waals surface area contributed by atoms with Crippen LogP contribution in [0.25, 0.3) is 0 Å². The van der Waals surface area contributed by atoms with Crippen LogP contribution < -0.4 is 0 Å². The molecule has 0 aliphatic heterocycles. The number of esters is 3. The molecule has 0 bridgehead atoms. The van der Waals surface area contributed by atoms with Crippen molar-refractivity contribution in [3.63, 3.8) is 0 Å². The highest BCUT2D eigenvalue weighted by Gasteiger charge is 2.19. The molecule has 0 rings (SSSR count). The summed E-state index contributed by atoms with van der Waals surface area (Å²) in [4.78, 5) is 37.8. The second-order valence-electron chi connectivity index (χ2n) is 15.5. The third-order valence-corrected chi connectivity index (χ3v) is 9.58. The summed E-state index contributed by atoms with van der Waals surface area (Å²) < 4.78 is 16.6. The molecule has 1 atom stereocenters. The first-order valence-corrected chi connectivity index (χ1v) is 24.3. The molecule has 1 unspecified atom stereocenters. The van der Waals surface area contributed by atoms with Gasteiger partial charge in [-0.1, -0.05) is 219 Å². The Bertz CT molecular complexity index is 1400.